The van der Waals surface area contributed by atoms with Crippen LogP contribution < -0.4 is 5.32 Å². The number of rotatable bonds is 6. The molecule has 27 heavy (non-hydrogen) atoms. The van der Waals surface area contributed by atoms with Gasteiger partial charge in [-0.3, -0.25) is 4.79 Å². The lowest BCUT2D eigenvalue weighted by atomic mass is 9.97. The monoisotopic (exact) mass is 412 g/mol. The summed E-state index contributed by atoms with van der Waals surface area (Å²) in [4.78, 5) is 16.6. The van der Waals surface area contributed by atoms with Gasteiger partial charge in [-0.2, -0.15) is 4.98 Å². The van der Waals surface area contributed by atoms with Gasteiger partial charge in [-0.25, -0.2) is 12.7 Å². The predicted octanol–water partition coefficient (Wildman–Crippen LogP) is 2.07. The van der Waals surface area contributed by atoms with Gasteiger partial charge in [-0.15, -0.1) is 0 Å². The molecule has 0 spiro atoms. The Morgan fingerprint density at radius 1 is 1.33 bits per heavy atom. The Morgan fingerprint density at radius 2 is 2.04 bits per heavy atom. The van der Waals surface area contributed by atoms with Gasteiger partial charge >= 0.3 is 0 Å². The molecule has 0 unspecified atom stereocenters. The largest absolute Gasteiger partial charge is 0.347 e. The maximum Gasteiger partial charge on any atom is 0.246 e. The molecule has 0 aliphatic carbocycles. The van der Waals surface area contributed by atoms with Gasteiger partial charge in [-0.1, -0.05) is 28.9 Å². The first-order chi connectivity index (χ1) is 12.9. The van der Waals surface area contributed by atoms with Crippen LogP contribution in [0.4, 0.5) is 0 Å². The number of halogens is 1. The average molecular weight is 413 g/mol. The van der Waals surface area contributed by atoms with Gasteiger partial charge in [0.1, 0.15) is 0 Å². The third-order valence-corrected chi connectivity index (χ3v) is 6.79. The van der Waals surface area contributed by atoms with Crippen LogP contribution in [0.15, 0.2) is 28.8 Å². The molecule has 3 rings (SSSR count). The molecule has 0 saturated carbocycles. The van der Waals surface area contributed by atoms with Crippen LogP contribution in [0.2, 0.25) is 5.02 Å². The number of hydrogen-bond donors (Lipinski definition) is 1. The lowest BCUT2D eigenvalue weighted by Gasteiger charge is -2.30. The zero-order chi connectivity index (χ0) is 19.4. The van der Waals surface area contributed by atoms with E-state index < -0.39 is 10.0 Å². The first-order valence-corrected chi connectivity index (χ1v) is 10.7. The number of nitrogens with one attached hydrogen (secondary N) is 1. The smallest absolute Gasteiger partial charge is 0.246 e. The van der Waals surface area contributed by atoms with Crippen LogP contribution in [-0.2, 0) is 21.4 Å². The van der Waals surface area contributed by atoms with Crippen molar-refractivity contribution in [2.75, 3.05) is 18.8 Å². The van der Waals surface area contributed by atoms with Crippen LogP contribution >= 0.6 is 11.6 Å². The van der Waals surface area contributed by atoms with E-state index >= 15 is 0 Å². The lowest BCUT2D eigenvalue weighted by molar-refractivity contribution is -0.126. The zero-order valence-corrected chi connectivity index (χ0v) is 16.5. The predicted molar refractivity (Wildman–Crippen MR) is 100 cm³/mol. The van der Waals surface area contributed by atoms with E-state index in [4.69, 9.17) is 16.1 Å². The normalized spacial score (nSPS) is 16.4. The Hall–Kier alpha value is -1.97. The fourth-order valence-electron chi connectivity index (χ4n) is 2.96. The highest BCUT2D eigenvalue weighted by molar-refractivity contribution is 7.89. The second kappa shape index (κ2) is 8.37. The SMILES string of the molecule is CCS(=O)(=O)N1CCC(C(=O)NCc2nc(-c3ccccc3Cl)no2)CC1. The zero-order valence-electron chi connectivity index (χ0n) is 14.9. The number of benzene rings is 1. The van der Waals surface area contributed by atoms with E-state index in [1.807, 2.05) is 12.1 Å². The Kier molecular flexibility index (Phi) is 6.13. The van der Waals surface area contributed by atoms with Gasteiger partial charge in [0.25, 0.3) is 0 Å². The van der Waals surface area contributed by atoms with Gasteiger partial charge in [0, 0.05) is 24.6 Å². The molecule has 2 heterocycles. The Balaban J connectivity index is 1.53. The third-order valence-electron chi connectivity index (χ3n) is 4.58. The first-order valence-electron chi connectivity index (χ1n) is 8.73. The summed E-state index contributed by atoms with van der Waals surface area (Å²) >= 11 is 6.11. The molecule has 1 saturated heterocycles. The molecule has 1 amide bonds. The molecule has 0 atom stereocenters. The lowest BCUT2D eigenvalue weighted by Crippen LogP contribution is -2.43. The van der Waals surface area contributed by atoms with E-state index in [9.17, 15) is 13.2 Å². The number of amides is 1. The molecule has 1 aromatic heterocycles. The van der Waals surface area contributed by atoms with Crippen LogP contribution in [0.1, 0.15) is 25.7 Å². The first kappa shape index (κ1) is 19.8. The minimum Gasteiger partial charge on any atom is -0.347 e. The van der Waals surface area contributed by atoms with Crippen molar-refractivity contribution in [2.45, 2.75) is 26.3 Å². The molecule has 1 aliphatic heterocycles. The van der Waals surface area contributed by atoms with Crippen molar-refractivity contribution in [1.82, 2.24) is 19.8 Å². The second-order valence-corrected chi connectivity index (χ2v) is 8.95. The third kappa shape index (κ3) is 4.66. The molecule has 10 heteroatoms. The summed E-state index contributed by atoms with van der Waals surface area (Å²) in [7, 11) is -3.20. The minimum atomic E-state index is -3.20. The summed E-state index contributed by atoms with van der Waals surface area (Å²) in [6, 6.07) is 7.15. The number of carbonyl (C=O) groups is 1. The number of carbonyl (C=O) groups excluding carboxylic acids is 1. The number of piperidine rings is 1. The van der Waals surface area contributed by atoms with Gasteiger partial charge < -0.3 is 9.84 Å². The molecular weight excluding hydrogens is 392 g/mol. The summed E-state index contributed by atoms with van der Waals surface area (Å²) in [6.07, 6.45) is 1.000. The molecule has 146 valence electrons. The standard InChI is InChI=1S/C17H21ClN4O4S/c1-2-27(24,25)22-9-7-12(8-10-22)17(23)19-11-15-20-16(21-26-15)13-5-3-4-6-14(13)18/h3-6,12H,2,7-11H2,1H3,(H,19,23). The quantitative estimate of drug-likeness (QED) is 0.778. The number of nitrogens with zero attached hydrogens (tertiary/aromatic N) is 3. The molecule has 0 radical (unpaired) electrons. The van der Waals surface area contributed by atoms with Crippen molar-refractivity contribution in [3.05, 3.63) is 35.2 Å². The van der Waals surface area contributed by atoms with Crippen molar-refractivity contribution in [2.24, 2.45) is 5.92 Å². The molecular formula is C17H21ClN4O4S. The van der Waals surface area contributed by atoms with Crippen molar-refractivity contribution in [3.63, 3.8) is 0 Å². The van der Waals surface area contributed by atoms with Gasteiger partial charge in [0.05, 0.1) is 17.3 Å². The maximum atomic E-state index is 12.3. The summed E-state index contributed by atoms with van der Waals surface area (Å²) in [5, 5.41) is 7.18. The fourth-order valence-corrected chi connectivity index (χ4v) is 4.32. The van der Waals surface area contributed by atoms with Crippen molar-refractivity contribution < 1.29 is 17.7 Å². The molecule has 0 bridgehead atoms. The topological polar surface area (TPSA) is 105 Å². The van der Waals surface area contributed by atoms with E-state index in [2.05, 4.69) is 15.5 Å². The van der Waals surface area contributed by atoms with E-state index in [-0.39, 0.29) is 30.0 Å². The molecule has 8 nitrogen and oxygen atoms in total. The summed E-state index contributed by atoms with van der Waals surface area (Å²) < 4.78 is 30.4. The Morgan fingerprint density at radius 3 is 2.70 bits per heavy atom. The fraction of sp³-hybridized carbons (Fsp3) is 0.471. The molecule has 1 N–H and O–H groups in total. The Labute approximate surface area is 162 Å². The highest BCUT2D eigenvalue weighted by Crippen LogP contribution is 2.25. The second-order valence-electron chi connectivity index (χ2n) is 6.28. The highest BCUT2D eigenvalue weighted by Gasteiger charge is 2.30. The van der Waals surface area contributed by atoms with Crippen molar-refractivity contribution >= 4 is 27.5 Å². The van der Waals surface area contributed by atoms with E-state index in [1.54, 1.807) is 19.1 Å². The number of hydrogen-bond acceptors (Lipinski definition) is 6. The van der Waals surface area contributed by atoms with Crippen LogP contribution in [-0.4, -0.2) is 47.6 Å². The number of sulfonamides is 1. The van der Waals surface area contributed by atoms with Gasteiger partial charge in [0.2, 0.25) is 27.6 Å². The van der Waals surface area contributed by atoms with Crippen molar-refractivity contribution in [3.8, 4) is 11.4 Å². The maximum absolute atomic E-state index is 12.3. The Bertz CT molecular complexity index is 907. The average Bonchev–Trinajstić information content (AvgIpc) is 3.15. The molecule has 2 aromatic rings. The van der Waals surface area contributed by atoms with Gasteiger partial charge in [0.15, 0.2) is 0 Å². The number of aromatic nitrogens is 2. The van der Waals surface area contributed by atoms with E-state index in [0.29, 0.717) is 42.3 Å². The summed E-state index contributed by atoms with van der Waals surface area (Å²) in [5.74, 6) is 0.363. The van der Waals surface area contributed by atoms with Crippen LogP contribution in [0, 0.1) is 5.92 Å². The van der Waals surface area contributed by atoms with Crippen LogP contribution in [0.3, 0.4) is 0 Å². The van der Waals surface area contributed by atoms with Crippen LogP contribution in [0.25, 0.3) is 11.4 Å². The molecule has 1 aliphatic rings. The minimum absolute atomic E-state index is 0.0782. The summed E-state index contributed by atoms with van der Waals surface area (Å²) in [6.45, 7) is 2.47. The molecule has 1 aromatic carbocycles. The van der Waals surface area contributed by atoms with Gasteiger partial charge in [-0.05, 0) is 31.9 Å². The van der Waals surface area contributed by atoms with Crippen LogP contribution in [0.5, 0.6) is 0 Å². The molecule has 1 fully saturated rings. The van der Waals surface area contributed by atoms with E-state index in [1.165, 1.54) is 4.31 Å². The highest BCUT2D eigenvalue weighted by atomic mass is 35.5. The van der Waals surface area contributed by atoms with E-state index in [0.717, 1.165) is 0 Å². The van der Waals surface area contributed by atoms with Crippen molar-refractivity contribution in [1.29, 1.82) is 0 Å². The summed E-state index contributed by atoms with van der Waals surface area (Å²) in [5.41, 5.74) is 0.657.